The Morgan fingerprint density at radius 2 is 1.54 bits per heavy atom. The summed E-state index contributed by atoms with van der Waals surface area (Å²) in [6, 6.07) is 30.2. The molecule has 0 saturated heterocycles. The monoisotopic (exact) mass is 523 g/mol. The zero-order valence-corrected chi connectivity index (χ0v) is 20.8. The third kappa shape index (κ3) is 6.79. The number of fused-ring (bicyclic) bond motifs is 1. The molecule has 4 aromatic carbocycles. The predicted octanol–water partition coefficient (Wildman–Crippen LogP) is 5.07. The lowest BCUT2D eigenvalue weighted by atomic mass is 10.1. The molecule has 5 rings (SSSR count). The number of para-hydroxylation sites is 1. The minimum absolute atomic E-state index is 0.212. The summed E-state index contributed by atoms with van der Waals surface area (Å²) in [4.78, 5) is 43.0. The lowest BCUT2D eigenvalue weighted by Gasteiger charge is -2.26. The van der Waals surface area contributed by atoms with E-state index in [9.17, 15) is 14.4 Å². The van der Waals surface area contributed by atoms with E-state index in [-0.39, 0.29) is 24.3 Å². The van der Waals surface area contributed by atoms with Gasteiger partial charge in [0.2, 0.25) is 5.91 Å². The van der Waals surface area contributed by atoms with Gasteiger partial charge in [0.15, 0.2) is 6.10 Å². The number of nitrogens with one attached hydrogen (secondary N) is 3. The SMILES string of the molecule is O=C(CC1Oc2cc(C(=O)NOCc3ccccc3)ccc2NC1=O)Nc1ccc(Oc2ccccc2)cc1. The van der Waals surface area contributed by atoms with Gasteiger partial charge in [-0.25, -0.2) is 5.48 Å². The molecule has 1 aliphatic heterocycles. The first kappa shape index (κ1) is 25.5. The molecule has 0 aromatic heterocycles. The Morgan fingerprint density at radius 3 is 2.28 bits per heavy atom. The number of anilines is 2. The zero-order chi connectivity index (χ0) is 27.0. The summed E-state index contributed by atoms with van der Waals surface area (Å²) in [5, 5.41) is 5.47. The van der Waals surface area contributed by atoms with Crippen LogP contribution in [0.15, 0.2) is 103 Å². The highest BCUT2D eigenvalue weighted by Gasteiger charge is 2.30. The number of carbonyl (C=O) groups is 3. The summed E-state index contributed by atoms with van der Waals surface area (Å²) >= 11 is 0. The summed E-state index contributed by atoms with van der Waals surface area (Å²) in [5.74, 6) is 0.284. The van der Waals surface area contributed by atoms with Crippen LogP contribution in [-0.2, 0) is 21.0 Å². The van der Waals surface area contributed by atoms with E-state index in [2.05, 4.69) is 16.1 Å². The van der Waals surface area contributed by atoms with Crippen LogP contribution in [0.3, 0.4) is 0 Å². The Bertz CT molecular complexity index is 1460. The molecule has 0 spiro atoms. The van der Waals surface area contributed by atoms with Crippen molar-refractivity contribution in [2.45, 2.75) is 19.1 Å². The Balaban J connectivity index is 1.15. The average Bonchev–Trinajstić information content (AvgIpc) is 2.95. The van der Waals surface area contributed by atoms with Gasteiger partial charge in [-0.3, -0.25) is 19.2 Å². The maximum atomic E-state index is 12.6. The standard InChI is InChI=1S/C30H25N3O6/c34-28(31-22-12-14-24(15-13-22)38-23-9-5-2-6-10-23)18-27-30(36)32-25-16-11-21(17-26(25)39-27)29(35)33-37-19-20-7-3-1-4-8-20/h1-17,27H,18-19H2,(H,31,34)(H,32,36)(H,33,35). The van der Waals surface area contributed by atoms with E-state index in [1.165, 1.54) is 6.07 Å². The number of rotatable bonds is 9. The fraction of sp³-hybridized carbons (Fsp3) is 0.100. The Hall–Kier alpha value is -5.15. The van der Waals surface area contributed by atoms with Gasteiger partial charge in [0.05, 0.1) is 18.7 Å². The minimum atomic E-state index is -1.06. The van der Waals surface area contributed by atoms with Gasteiger partial charge in [-0.1, -0.05) is 48.5 Å². The molecular formula is C30H25N3O6. The van der Waals surface area contributed by atoms with Crippen molar-refractivity contribution in [2.24, 2.45) is 0 Å². The highest BCUT2D eigenvalue weighted by Crippen LogP contribution is 2.31. The number of benzene rings is 4. The first-order chi connectivity index (χ1) is 19.0. The second-order valence-electron chi connectivity index (χ2n) is 8.70. The fourth-order valence-corrected chi connectivity index (χ4v) is 3.85. The molecule has 1 aliphatic rings. The second-order valence-corrected chi connectivity index (χ2v) is 8.70. The van der Waals surface area contributed by atoms with E-state index in [4.69, 9.17) is 14.3 Å². The van der Waals surface area contributed by atoms with E-state index < -0.39 is 23.8 Å². The average molecular weight is 524 g/mol. The quantitative estimate of drug-likeness (QED) is 0.264. The molecule has 196 valence electrons. The second kappa shape index (κ2) is 11.9. The van der Waals surface area contributed by atoms with Gasteiger partial charge >= 0.3 is 0 Å². The van der Waals surface area contributed by atoms with Crippen LogP contribution in [0.4, 0.5) is 11.4 Å². The first-order valence-corrected chi connectivity index (χ1v) is 12.2. The van der Waals surface area contributed by atoms with E-state index >= 15 is 0 Å². The summed E-state index contributed by atoms with van der Waals surface area (Å²) in [6.07, 6.45) is -1.28. The molecule has 9 heteroatoms. The van der Waals surface area contributed by atoms with Crippen LogP contribution in [0.1, 0.15) is 22.3 Å². The molecule has 3 N–H and O–H groups in total. The van der Waals surface area contributed by atoms with E-state index in [1.54, 1.807) is 36.4 Å². The van der Waals surface area contributed by atoms with E-state index in [1.807, 2.05) is 60.7 Å². The largest absolute Gasteiger partial charge is 0.478 e. The van der Waals surface area contributed by atoms with Crippen molar-refractivity contribution in [1.82, 2.24) is 5.48 Å². The maximum Gasteiger partial charge on any atom is 0.274 e. The Labute approximate surface area is 224 Å². The molecular weight excluding hydrogens is 498 g/mol. The molecule has 1 unspecified atom stereocenters. The summed E-state index contributed by atoms with van der Waals surface area (Å²) in [5.41, 5.74) is 4.54. The van der Waals surface area contributed by atoms with Crippen molar-refractivity contribution in [3.05, 3.63) is 114 Å². The molecule has 39 heavy (non-hydrogen) atoms. The zero-order valence-electron chi connectivity index (χ0n) is 20.8. The highest BCUT2D eigenvalue weighted by molar-refractivity contribution is 6.03. The Kier molecular flexibility index (Phi) is 7.80. The van der Waals surface area contributed by atoms with Crippen LogP contribution in [0.25, 0.3) is 0 Å². The van der Waals surface area contributed by atoms with Crippen LogP contribution >= 0.6 is 0 Å². The summed E-state index contributed by atoms with van der Waals surface area (Å²) < 4.78 is 11.5. The van der Waals surface area contributed by atoms with Gasteiger partial charge in [0.25, 0.3) is 11.8 Å². The van der Waals surface area contributed by atoms with Crippen LogP contribution in [0.5, 0.6) is 17.2 Å². The van der Waals surface area contributed by atoms with Crippen molar-refractivity contribution in [1.29, 1.82) is 0 Å². The topological polar surface area (TPSA) is 115 Å². The first-order valence-electron chi connectivity index (χ1n) is 12.2. The molecule has 3 amide bonds. The summed E-state index contributed by atoms with van der Waals surface area (Å²) in [6.45, 7) is 0.212. The van der Waals surface area contributed by atoms with Crippen LogP contribution in [0, 0.1) is 0 Å². The number of hydroxylamine groups is 1. The summed E-state index contributed by atoms with van der Waals surface area (Å²) in [7, 11) is 0. The van der Waals surface area contributed by atoms with Crippen molar-refractivity contribution in [3.8, 4) is 17.2 Å². The van der Waals surface area contributed by atoms with Crippen molar-refractivity contribution >= 4 is 29.1 Å². The van der Waals surface area contributed by atoms with Gasteiger partial charge in [-0.05, 0) is 60.2 Å². The number of hydrogen-bond acceptors (Lipinski definition) is 6. The lowest BCUT2D eigenvalue weighted by molar-refractivity contribution is -0.128. The van der Waals surface area contributed by atoms with Crippen LogP contribution in [-0.4, -0.2) is 23.8 Å². The number of amides is 3. The smallest absolute Gasteiger partial charge is 0.274 e. The molecule has 4 aromatic rings. The molecule has 0 radical (unpaired) electrons. The van der Waals surface area contributed by atoms with E-state index in [0.717, 1.165) is 5.56 Å². The third-order valence-electron chi connectivity index (χ3n) is 5.80. The number of ether oxygens (including phenoxy) is 2. The molecule has 0 saturated carbocycles. The fourth-order valence-electron chi connectivity index (χ4n) is 3.85. The lowest BCUT2D eigenvalue weighted by Crippen LogP contribution is -2.39. The van der Waals surface area contributed by atoms with Crippen LogP contribution in [0.2, 0.25) is 0 Å². The van der Waals surface area contributed by atoms with Crippen molar-refractivity contribution in [3.63, 3.8) is 0 Å². The molecule has 0 fully saturated rings. The third-order valence-corrected chi connectivity index (χ3v) is 5.80. The highest BCUT2D eigenvalue weighted by atomic mass is 16.6. The van der Waals surface area contributed by atoms with Gasteiger partial charge < -0.3 is 20.1 Å². The van der Waals surface area contributed by atoms with Gasteiger partial charge in [-0.2, -0.15) is 0 Å². The maximum absolute atomic E-state index is 12.6. The molecule has 0 bridgehead atoms. The number of carbonyl (C=O) groups excluding carboxylic acids is 3. The molecule has 1 atom stereocenters. The normalized spacial score (nSPS) is 13.8. The molecule has 9 nitrogen and oxygen atoms in total. The van der Waals surface area contributed by atoms with Crippen molar-refractivity contribution < 1.29 is 28.7 Å². The molecule has 0 aliphatic carbocycles. The van der Waals surface area contributed by atoms with Crippen molar-refractivity contribution in [2.75, 3.05) is 10.6 Å². The predicted molar refractivity (Wildman–Crippen MR) is 144 cm³/mol. The van der Waals surface area contributed by atoms with E-state index in [0.29, 0.717) is 22.9 Å². The van der Waals surface area contributed by atoms with Gasteiger partial charge in [0.1, 0.15) is 17.2 Å². The van der Waals surface area contributed by atoms with Gasteiger partial charge in [-0.15, -0.1) is 0 Å². The van der Waals surface area contributed by atoms with Crippen LogP contribution < -0.4 is 25.6 Å². The van der Waals surface area contributed by atoms with Gasteiger partial charge in [0, 0.05) is 11.3 Å². The molecule has 1 heterocycles. The minimum Gasteiger partial charge on any atom is -0.478 e. The Morgan fingerprint density at radius 1 is 0.846 bits per heavy atom. The number of hydrogen-bond donors (Lipinski definition) is 3.